The zero-order valence-corrected chi connectivity index (χ0v) is 13.8. The van der Waals surface area contributed by atoms with Crippen molar-refractivity contribution in [3.63, 3.8) is 0 Å². The highest BCUT2D eigenvalue weighted by Gasteiger charge is 2.30. The first-order chi connectivity index (χ1) is 10.3. The van der Waals surface area contributed by atoms with Crippen molar-refractivity contribution >= 4 is 10.0 Å². The van der Waals surface area contributed by atoms with Gasteiger partial charge in [0.05, 0.1) is 17.0 Å². The molecule has 0 amide bonds. The second-order valence-corrected chi connectivity index (χ2v) is 7.43. The van der Waals surface area contributed by atoms with Crippen molar-refractivity contribution in [1.29, 1.82) is 0 Å². The van der Waals surface area contributed by atoms with Gasteiger partial charge in [-0.15, -0.1) is 0 Å². The highest BCUT2D eigenvalue weighted by atomic mass is 32.2. The van der Waals surface area contributed by atoms with Crippen LogP contribution in [0.5, 0.6) is 0 Å². The molecule has 118 valence electrons. The lowest BCUT2D eigenvalue weighted by Crippen LogP contribution is -2.39. The predicted molar refractivity (Wildman–Crippen MR) is 87.0 cm³/mol. The normalized spacial score (nSPS) is 14.8. The zero-order valence-electron chi connectivity index (χ0n) is 13.0. The van der Waals surface area contributed by atoms with Crippen molar-refractivity contribution in [3.8, 4) is 0 Å². The Morgan fingerprint density at radius 2 is 1.55 bits per heavy atom. The number of hydrogen-bond acceptors (Lipinski definition) is 3. The maximum Gasteiger partial charge on any atom is 0.243 e. The van der Waals surface area contributed by atoms with E-state index in [1.54, 1.807) is 43.3 Å². The lowest BCUT2D eigenvalue weighted by molar-refractivity contribution is 0.108. The number of hydrogen-bond donors (Lipinski definition) is 1. The molecule has 2 aromatic carbocycles. The van der Waals surface area contributed by atoms with Crippen molar-refractivity contribution in [2.45, 2.75) is 30.9 Å². The number of benzene rings is 2. The molecule has 0 aliphatic carbocycles. The second-order valence-electron chi connectivity index (χ2n) is 5.43. The molecule has 4 nitrogen and oxygen atoms in total. The second kappa shape index (κ2) is 6.60. The van der Waals surface area contributed by atoms with Gasteiger partial charge >= 0.3 is 0 Å². The third-order valence-electron chi connectivity index (χ3n) is 3.87. The summed E-state index contributed by atoms with van der Waals surface area (Å²) in [6.45, 7) is 3.60. The summed E-state index contributed by atoms with van der Waals surface area (Å²) in [5.41, 5.74) is 1.69. The van der Waals surface area contributed by atoms with Crippen LogP contribution in [0.4, 0.5) is 0 Å². The molecule has 0 saturated heterocycles. The minimum Gasteiger partial charge on any atom is -0.387 e. The summed E-state index contributed by atoms with van der Waals surface area (Å²) in [6, 6.07) is 15.2. The standard InChI is InChI=1S/C17H21NO3S/c1-13-9-11-16(12-10-13)22(20,21)18(3)14(2)17(19)15-7-5-4-6-8-15/h4-12,14,17,19H,1-3H3. The third kappa shape index (κ3) is 3.38. The van der Waals surface area contributed by atoms with Gasteiger partial charge in [-0.2, -0.15) is 4.31 Å². The van der Waals surface area contributed by atoms with Crippen LogP contribution in [0.3, 0.4) is 0 Å². The molecular weight excluding hydrogens is 298 g/mol. The molecule has 2 rings (SSSR count). The van der Waals surface area contributed by atoms with E-state index in [4.69, 9.17) is 0 Å². The Hall–Kier alpha value is -1.69. The Labute approximate surface area is 132 Å². The molecule has 0 heterocycles. The van der Waals surface area contributed by atoms with Crippen LogP contribution in [-0.2, 0) is 10.0 Å². The lowest BCUT2D eigenvalue weighted by atomic mass is 10.0. The number of aliphatic hydroxyl groups excluding tert-OH is 1. The van der Waals surface area contributed by atoms with Gasteiger partial charge < -0.3 is 5.11 Å². The fraction of sp³-hybridized carbons (Fsp3) is 0.294. The highest BCUT2D eigenvalue weighted by Crippen LogP contribution is 2.25. The highest BCUT2D eigenvalue weighted by molar-refractivity contribution is 7.89. The Kier molecular flexibility index (Phi) is 5.01. The molecule has 22 heavy (non-hydrogen) atoms. The maximum atomic E-state index is 12.6. The van der Waals surface area contributed by atoms with Crippen molar-refractivity contribution in [2.75, 3.05) is 7.05 Å². The van der Waals surface area contributed by atoms with Crippen LogP contribution >= 0.6 is 0 Å². The first-order valence-electron chi connectivity index (χ1n) is 7.12. The molecule has 0 fully saturated rings. The van der Waals surface area contributed by atoms with Crippen LogP contribution in [0.2, 0.25) is 0 Å². The van der Waals surface area contributed by atoms with Gasteiger partial charge in [0.15, 0.2) is 0 Å². The minimum atomic E-state index is -3.63. The molecule has 0 aliphatic rings. The van der Waals surface area contributed by atoms with Crippen molar-refractivity contribution in [3.05, 3.63) is 65.7 Å². The monoisotopic (exact) mass is 319 g/mol. The summed E-state index contributed by atoms with van der Waals surface area (Å²) < 4.78 is 26.5. The summed E-state index contributed by atoms with van der Waals surface area (Å²) in [7, 11) is -2.14. The van der Waals surface area contributed by atoms with Crippen molar-refractivity contribution < 1.29 is 13.5 Å². The van der Waals surface area contributed by atoms with Crippen LogP contribution in [0.1, 0.15) is 24.2 Å². The number of sulfonamides is 1. The van der Waals surface area contributed by atoms with Crippen molar-refractivity contribution in [1.82, 2.24) is 4.31 Å². The van der Waals surface area contributed by atoms with E-state index >= 15 is 0 Å². The predicted octanol–water partition coefficient (Wildman–Crippen LogP) is 2.74. The topological polar surface area (TPSA) is 57.6 Å². The molecule has 0 aliphatic heterocycles. The minimum absolute atomic E-state index is 0.229. The first kappa shape index (κ1) is 16.7. The van der Waals surface area contributed by atoms with Crippen LogP contribution in [0.15, 0.2) is 59.5 Å². The third-order valence-corrected chi connectivity index (χ3v) is 5.83. The average Bonchev–Trinajstić information content (AvgIpc) is 2.54. The summed E-state index contributed by atoms with van der Waals surface area (Å²) in [6.07, 6.45) is -0.883. The van der Waals surface area contributed by atoms with Gasteiger partial charge in [0.25, 0.3) is 0 Å². The van der Waals surface area contributed by atoms with E-state index in [-0.39, 0.29) is 4.90 Å². The lowest BCUT2D eigenvalue weighted by Gasteiger charge is -2.28. The molecule has 5 heteroatoms. The van der Waals surface area contributed by atoms with E-state index in [2.05, 4.69) is 0 Å². The van der Waals surface area contributed by atoms with Gasteiger partial charge in [0.2, 0.25) is 10.0 Å². The van der Waals surface area contributed by atoms with Crippen LogP contribution in [0, 0.1) is 6.92 Å². The van der Waals surface area contributed by atoms with Crippen LogP contribution < -0.4 is 0 Å². The van der Waals surface area contributed by atoms with E-state index in [9.17, 15) is 13.5 Å². The van der Waals surface area contributed by atoms with Gasteiger partial charge in [-0.25, -0.2) is 8.42 Å². The molecule has 2 unspecified atom stereocenters. The summed E-state index contributed by atoms with van der Waals surface area (Å²) in [5.74, 6) is 0. The van der Waals surface area contributed by atoms with Crippen LogP contribution in [0.25, 0.3) is 0 Å². The molecule has 0 saturated carbocycles. The Morgan fingerprint density at radius 1 is 1.00 bits per heavy atom. The summed E-state index contributed by atoms with van der Waals surface area (Å²) in [4.78, 5) is 0.229. The van der Waals surface area contributed by atoms with Gasteiger partial charge in [-0.05, 0) is 31.5 Å². The SMILES string of the molecule is Cc1ccc(S(=O)(=O)N(C)C(C)C(O)c2ccccc2)cc1. The number of aryl methyl sites for hydroxylation is 1. The number of aliphatic hydroxyl groups is 1. The van der Waals surface area contributed by atoms with E-state index in [1.165, 1.54) is 11.4 Å². The maximum absolute atomic E-state index is 12.6. The smallest absolute Gasteiger partial charge is 0.243 e. The molecule has 2 atom stereocenters. The zero-order chi connectivity index (χ0) is 16.3. The van der Waals surface area contributed by atoms with Crippen molar-refractivity contribution in [2.24, 2.45) is 0 Å². The summed E-state index contributed by atoms with van der Waals surface area (Å²) >= 11 is 0. The molecule has 0 spiro atoms. The van der Waals surface area contributed by atoms with E-state index < -0.39 is 22.2 Å². The van der Waals surface area contributed by atoms with E-state index in [0.29, 0.717) is 5.56 Å². The molecule has 2 aromatic rings. The Morgan fingerprint density at radius 3 is 2.09 bits per heavy atom. The number of nitrogens with zero attached hydrogens (tertiary/aromatic N) is 1. The van der Waals surface area contributed by atoms with Gasteiger partial charge in [-0.3, -0.25) is 0 Å². The quantitative estimate of drug-likeness (QED) is 0.922. The number of rotatable bonds is 5. The average molecular weight is 319 g/mol. The Balaban J connectivity index is 2.26. The van der Waals surface area contributed by atoms with Gasteiger partial charge in [0, 0.05) is 7.05 Å². The molecule has 0 radical (unpaired) electrons. The largest absolute Gasteiger partial charge is 0.387 e. The molecular formula is C17H21NO3S. The van der Waals surface area contributed by atoms with E-state index in [1.807, 2.05) is 25.1 Å². The van der Waals surface area contributed by atoms with Crippen LogP contribution in [-0.4, -0.2) is 30.9 Å². The van der Waals surface area contributed by atoms with Gasteiger partial charge in [0.1, 0.15) is 0 Å². The van der Waals surface area contributed by atoms with Gasteiger partial charge in [-0.1, -0.05) is 48.0 Å². The summed E-state index contributed by atoms with van der Waals surface area (Å²) in [5, 5.41) is 10.4. The molecule has 1 N–H and O–H groups in total. The molecule has 0 aromatic heterocycles. The number of likely N-dealkylation sites (N-methyl/N-ethyl adjacent to an activating group) is 1. The fourth-order valence-corrected chi connectivity index (χ4v) is 3.59. The Bertz CT molecular complexity index is 711. The van der Waals surface area contributed by atoms with E-state index in [0.717, 1.165) is 5.56 Å². The fourth-order valence-electron chi connectivity index (χ4n) is 2.22. The first-order valence-corrected chi connectivity index (χ1v) is 8.56. The molecule has 0 bridgehead atoms.